The minimum Gasteiger partial charge on any atom is -0.480 e. The molecule has 114 valence electrons. The van der Waals surface area contributed by atoms with Crippen LogP contribution in [0, 0.1) is 21.3 Å². The van der Waals surface area contributed by atoms with Crippen LogP contribution in [0.2, 0.25) is 0 Å². The van der Waals surface area contributed by atoms with Crippen molar-refractivity contribution in [1.29, 1.82) is 0 Å². The third kappa shape index (κ3) is 3.33. The molecule has 1 aromatic rings. The highest BCUT2D eigenvalue weighted by Gasteiger charge is 2.44. The van der Waals surface area contributed by atoms with E-state index in [9.17, 15) is 29.2 Å². The summed E-state index contributed by atoms with van der Waals surface area (Å²) in [6.45, 7) is 2.57. The molecule has 0 bridgehead atoms. The summed E-state index contributed by atoms with van der Waals surface area (Å²) in [7, 11) is 0. The minimum atomic E-state index is -2.02. The number of rotatable bonds is 6. The molecule has 0 spiro atoms. The Kier molecular flexibility index (Phi) is 4.96. The highest BCUT2D eigenvalue weighted by atomic mass is 19.1. The summed E-state index contributed by atoms with van der Waals surface area (Å²) in [4.78, 5) is 32.8. The lowest BCUT2D eigenvalue weighted by atomic mass is 9.83. The number of hydrogen-bond acceptors (Lipinski definition) is 5. The summed E-state index contributed by atoms with van der Waals surface area (Å²) >= 11 is 0. The van der Waals surface area contributed by atoms with Crippen LogP contribution in [0.15, 0.2) is 18.2 Å². The first-order valence-corrected chi connectivity index (χ1v) is 6.06. The zero-order chi connectivity index (χ0) is 16.2. The smallest absolute Gasteiger partial charge is 0.323 e. The van der Waals surface area contributed by atoms with Crippen molar-refractivity contribution >= 4 is 17.6 Å². The fraction of sp³-hybridized carbons (Fsp3) is 0.385. The summed E-state index contributed by atoms with van der Waals surface area (Å²) in [5.41, 5.74) is -3.03. The molecular formula is C13H14FNO6. The van der Waals surface area contributed by atoms with Gasteiger partial charge in [-0.3, -0.25) is 19.7 Å². The number of carbonyl (C=O) groups excluding carboxylic acids is 1. The molecule has 7 nitrogen and oxygen atoms in total. The van der Waals surface area contributed by atoms with E-state index >= 15 is 0 Å². The second-order valence-corrected chi connectivity index (χ2v) is 4.54. The van der Waals surface area contributed by atoms with Gasteiger partial charge in [-0.25, -0.2) is 0 Å². The summed E-state index contributed by atoms with van der Waals surface area (Å²) < 4.78 is 18.7. The van der Waals surface area contributed by atoms with E-state index in [1.165, 1.54) is 19.1 Å². The van der Waals surface area contributed by atoms with Crippen molar-refractivity contribution in [3.8, 4) is 0 Å². The number of carbonyl (C=O) groups is 2. The molecule has 8 heteroatoms. The van der Waals surface area contributed by atoms with Gasteiger partial charge in [-0.05, 0) is 19.4 Å². The van der Waals surface area contributed by atoms with Crippen LogP contribution >= 0.6 is 0 Å². The van der Waals surface area contributed by atoms with Gasteiger partial charge in [0.1, 0.15) is 0 Å². The fourth-order valence-electron chi connectivity index (χ4n) is 1.75. The standard InChI is InChI=1S/C13H14FNO6/c1-3-21-12(18)13(2,11(16)17)7-8-5-4-6-9(10(8)14)15(19)20/h4-6H,3,7H2,1-2H3,(H,16,17). The summed E-state index contributed by atoms with van der Waals surface area (Å²) in [6.07, 6.45) is -0.547. The van der Waals surface area contributed by atoms with E-state index in [0.29, 0.717) is 0 Å². The van der Waals surface area contributed by atoms with Crippen LogP contribution in [0.3, 0.4) is 0 Å². The molecule has 1 atom stereocenters. The van der Waals surface area contributed by atoms with Gasteiger partial charge in [0.2, 0.25) is 5.82 Å². The first-order valence-electron chi connectivity index (χ1n) is 6.06. The predicted molar refractivity (Wildman–Crippen MR) is 69.1 cm³/mol. The molecule has 21 heavy (non-hydrogen) atoms. The third-order valence-electron chi connectivity index (χ3n) is 3.00. The monoisotopic (exact) mass is 299 g/mol. The van der Waals surface area contributed by atoms with E-state index in [1.807, 2.05) is 0 Å². The fourth-order valence-corrected chi connectivity index (χ4v) is 1.75. The topological polar surface area (TPSA) is 107 Å². The van der Waals surface area contributed by atoms with Crippen molar-refractivity contribution in [2.24, 2.45) is 5.41 Å². The van der Waals surface area contributed by atoms with E-state index in [0.717, 1.165) is 13.0 Å². The Morgan fingerprint density at radius 3 is 2.57 bits per heavy atom. The first-order chi connectivity index (χ1) is 9.74. The van der Waals surface area contributed by atoms with Gasteiger partial charge in [0.05, 0.1) is 11.5 Å². The van der Waals surface area contributed by atoms with Crippen molar-refractivity contribution in [3.63, 3.8) is 0 Å². The molecule has 0 aliphatic heterocycles. The van der Waals surface area contributed by atoms with Gasteiger partial charge in [0.25, 0.3) is 0 Å². The van der Waals surface area contributed by atoms with Gasteiger partial charge in [0, 0.05) is 12.5 Å². The number of nitro benzene ring substituents is 1. The van der Waals surface area contributed by atoms with Crippen molar-refractivity contribution < 1.29 is 28.7 Å². The Morgan fingerprint density at radius 2 is 2.10 bits per heavy atom. The van der Waals surface area contributed by atoms with Crippen LogP contribution < -0.4 is 0 Å². The van der Waals surface area contributed by atoms with E-state index in [4.69, 9.17) is 0 Å². The number of nitro groups is 1. The van der Waals surface area contributed by atoms with Crippen molar-refractivity contribution in [3.05, 3.63) is 39.7 Å². The van der Waals surface area contributed by atoms with E-state index in [-0.39, 0.29) is 12.2 Å². The number of nitrogens with zero attached hydrogens (tertiary/aromatic N) is 1. The molecular weight excluding hydrogens is 285 g/mol. The lowest BCUT2D eigenvalue weighted by molar-refractivity contribution is -0.387. The third-order valence-corrected chi connectivity index (χ3v) is 3.00. The van der Waals surface area contributed by atoms with Gasteiger partial charge in [-0.2, -0.15) is 4.39 Å². The van der Waals surface area contributed by atoms with Crippen LogP contribution in [0.1, 0.15) is 19.4 Å². The lowest BCUT2D eigenvalue weighted by Crippen LogP contribution is -2.40. The molecule has 1 rings (SSSR count). The Balaban J connectivity index is 3.23. The number of carboxylic acid groups (broad SMARTS) is 1. The highest BCUT2D eigenvalue weighted by Crippen LogP contribution is 2.29. The average molecular weight is 299 g/mol. The molecule has 0 radical (unpaired) electrons. The van der Waals surface area contributed by atoms with Crippen LogP contribution in [0.5, 0.6) is 0 Å². The molecule has 0 saturated carbocycles. The first kappa shape index (κ1) is 16.5. The number of esters is 1. The number of carboxylic acids is 1. The van der Waals surface area contributed by atoms with E-state index in [2.05, 4.69) is 4.74 Å². The summed E-state index contributed by atoms with van der Waals surface area (Å²) in [5, 5.41) is 19.9. The van der Waals surface area contributed by atoms with Gasteiger partial charge in [-0.15, -0.1) is 0 Å². The Labute approximate surface area is 119 Å². The molecule has 0 aliphatic carbocycles. The number of hydrogen-bond donors (Lipinski definition) is 1. The van der Waals surface area contributed by atoms with Crippen molar-refractivity contribution in [2.45, 2.75) is 20.3 Å². The summed E-state index contributed by atoms with van der Waals surface area (Å²) in [5.74, 6) is -3.67. The zero-order valence-electron chi connectivity index (χ0n) is 11.5. The molecule has 1 N–H and O–H groups in total. The normalized spacial score (nSPS) is 13.3. The maximum atomic E-state index is 14.0. The molecule has 0 fully saturated rings. The summed E-state index contributed by atoms with van der Waals surface area (Å²) in [6, 6.07) is 3.38. The molecule has 0 aromatic heterocycles. The second kappa shape index (κ2) is 6.29. The average Bonchev–Trinajstić information content (AvgIpc) is 2.40. The van der Waals surface area contributed by atoms with Crippen molar-refractivity contribution in [2.75, 3.05) is 6.61 Å². The van der Waals surface area contributed by atoms with Crippen LogP contribution in [0.4, 0.5) is 10.1 Å². The van der Waals surface area contributed by atoms with Crippen LogP contribution in [-0.2, 0) is 20.7 Å². The van der Waals surface area contributed by atoms with Gasteiger partial charge in [-0.1, -0.05) is 12.1 Å². The Bertz CT molecular complexity index is 588. The van der Waals surface area contributed by atoms with E-state index < -0.39 is 40.2 Å². The Morgan fingerprint density at radius 1 is 1.48 bits per heavy atom. The van der Waals surface area contributed by atoms with Gasteiger partial charge < -0.3 is 9.84 Å². The molecule has 0 amide bonds. The molecule has 0 heterocycles. The van der Waals surface area contributed by atoms with Crippen LogP contribution in [-0.4, -0.2) is 28.6 Å². The van der Waals surface area contributed by atoms with Crippen molar-refractivity contribution in [1.82, 2.24) is 0 Å². The largest absolute Gasteiger partial charge is 0.480 e. The molecule has 0 aliphatic rings. The lowest BCUT2D eigenvalue weighted by Gasteiger charge is -2.22. The SMILES string of the molecule is CCOC(=O)C(C)(Cc1cccc([N+](=O)[O-])c1F)C(=O)O. The number of benzene rings is 1. The number of ether oxygens (including phenoxy) is 1. The molecule has 1 aromatic carbocycles. The molecule has 1 unspecified atom stereocenters. The predicted octanol–water partition coefficient (Wildman–Crippen LogP) is 1.93. The highest BCUT2D eigenvalue weighted by molar-refractivity contribution is 5.99. The number of halogens is 1. The quantitative estimate of drug-likeness (QED) is 0.372. The maximum Gasteiger partial charge on any atom is 0.323 e. The van der Waals surface area contributed by atoms with Crippen LogP contribution in [0.25, 0.3) is 0 Å². The van der Waals surface area contributed by atoms with Gasteiger partial charge >= 0.3 is 17.6 Å². The zero-order valence-corrected chi connectivity index (χ0v) is 11.5. The molecule has 0 saturated heterocycles. The second-order valence-electron chi connectivity index (χ2n) is 4.54. The van der Waals surface area contributed by atoms with Gasteiger partial charge in [0.15, 0.2) is 5.41 Å². The number of aliphatic carboxylic acids is 1. The minimum absolute atomic E-state index is 0.0286. The Hall–Kier alpha value is -2.51. The maximum absolute atomic E-state index is 14.0. The van der Waals surface area contributed by atoms with E-state index in [1.54, 1.807) is 0 Å².